The van der Waals surface area contributed by atoms with E-state index in [2.05, 4.69) is 5.32 Å². The van der Waals surface area contributed by atoms with E-state index in [1.165, 1.54) is 18.2 Å². The van der Waals surface area contributed by atoms with Crippen molar-refractivity contribution in [3.63, 3.8) is 0 Å². The molecule has 0 unspecified atom stereocenters. The summed E-state index contributed by atoms with van der Waals surface area (Å²) in [4.78, 5) is 21.8. The molecular weight excluding hydrogens is 244 g/mol. The van der Waals surface area contributed by atoms with Crippen molar-refractivity contribution in [2.45, 2.75) is 13.8 Å². The summed E-state index contributed by atoms with van der Waals surface area (Å²) in [5.74, 6) is -0.0960. The lowest BCUT2D eigenvalue weighted by atomic mass is 9.95. The van der Waals surface area contributed by atoms with Gasteiger partial charge in [-0.2, -0.15) is 0 Å². The summed E-state index contributed by atoms with van der Waals surface area (Å²) < 4.78 is 0. The Morgan fingerprint density at radius 2 is 2.18 bits per heavy atom. The minimum atomic E-state index is -0.716. The zero-order valence-corrected chi connectivity index (χ0v) is 10.3. The van der Waals surface area contributed by atoms with Gasteiger partial charge in [-0.1, -0.05) is 6.07 Å². The first kappa shape index (κ1) is 13.4. The maximum absolute atomic E-state index is 11.8. The topological polar surface area (TPSA) is 72.2 Å². The highest BCUT2D eigenvalue weighted by Crippen LogP contribution is 2.22. The molecule has 1 N–H and O–H groups in total. The molecule has 17 heavy (non-hydrogen) atoms. The fraction of sp³-hybridized carbons (Fsp3) is 0.364. The number of hydrogen-bond donors (Lipinski definition) is 1. The quantitative estimate of drug-likeness (QED) is 0.511. The first-order valence-corrected chi connectivity index (χ1v) is 5.52. The summed E-state index contributed by atoms with van der Waals surface area (Å²) >= 11 is 5.67. The summed E-state index contributed by atoms with van der Waals surface area (Å²) in [5.41, 5.74) is -0.388. The van der Waals surface area contributed by atoms with E-state index in [1.54, 1.807) is 19.9 Å². The molecule has 0 aliphatic carbocycles. The minimum absolute atomic E-state index is 0.0634. The largest absolute Gasteiger partial charge is 0.325 e. The molecule has 1 rings (SSSR count). The second-order valence-electron chi connectivity index (χ2n) is 4.28. The van der Waals surface area contributed by atoms with E-state index >= 15 is 0 Å². The van der Waals surface area contributed by atoms with Gasteiger partial charge in [0, 0.05) is 23.7 Å². The molecule has 0 aliphatic heterocycles. The number of alkyl halides is 1. The molecule has 6 heteroatoms. The van der Waals surface area contributed by atoms with Gasteiger partial charge in [0.25, 0.3) is 5.69 Å². The van der Waals surface area contributed by atoms with Crippen LogP contribution in [0.1, 0.15) is 13.8 Å². The zero-order chi connectivity index (χ0) is 13.1. The average molecular weight is 257 g/mol. The van der Waals surface area contributed by atoms with E-state index in [0.29, 0.717) is 5.69 Å². The number of amides is 1. The number of nitrogens with one attached hydrogen (secondary N) is 1. The highest BCUT2D eigenvalue weighted by atomic mass is 35.5. The third-order valence-corrected chi connectivity index (χ3v) is 2.93. The lowest BCUT2D eigenvalue weighted by Crippen LogP contribution is -2.32. The Hall–Kier alpha value is -1.62. The average Bonchev–Trinajstić information content (AvgIpc) is 2.29. The van der Waals surface area contributed by atoms with Crippen LogP contribution in [-0.2, 0) is 4.79 Å². The van der Waals surface area contributed by atoms with Gasteiger partial charge < -0.3 is 5.32 Å². The van der Waals surface area contributed by atoms with Crippen molar-refractivity contribution in [2.24, 2.45) is 5.41 Å². The Morgan fingerprint density at radius 3 is 2.71 bits per heavy atom. The molecule has 92 valence electrons. The lowest BCUT2D eigenvalue weighted by Gasteiger charge is -2.20. The summed E-state index contributed by atoms with van der Waals surface area (Å²) in [5, 5.41) is 13.2. The molecule has 0 aliphatic rings. The molecule has 1 aromatic carbocycles. The molecule has 0 fully saturated rings. The van der Waals surface area contributed by atoms with Crippen molar-refractivity contribution < 1.29 is 9.72 Å². The van der Waals surface area contributed by atoms with Crippen LogP contribution in [0, 0.1) is 15.5 Å². The maximum Gasteiger partial charge on any atom is 0.271 e. The number of non-ortho nitro benzene ring substituents is 1. The SMILES string of the molecule is CC(C)(CCl)C(=O)Nc1cccc([N+](=O)[O-])c1. The predicted octanol–water partition coefficient (Wildman–Crippen LogP) is 2.80. The second kappa shape index (κ2) is 5.14. The number of nitro groups is 1. The molecule has 0 heterocycles. The second-order valence-corrected chi connectivity index (χ2v) is 4.55. The highest BCUT2D eigenvalue weighted by molar-refractivity contribution is 6.20. The third kappa shape index (κ3) is 3.42. The summed E-state index contributed by atoms with van der Waals surface area (Å²) in [7, 11) is 0. The maximum atomic E-state index is 11.8. The number of anilines is 1. The van der Waals surface area contributed by atoms with Crippen molar-refractivity contribution in [1.29, 1.82) is 0 Å². The number of nitrogens with zero attached hydrogens (tertiary/aromatic N) is 1. The number of hydrogen-bond acceptors (Lipinski definition) is 3. The van der Waals surface area contributed by atoms with Gasteiger partial charge in [0.05, 0.1) is 10.3 Å². The number of halogens is 1. The van der Waals surface area contributed by atoms with E-state index < -0.39 is 10.3 Å². The van der Waals surface area contributed by atoms with Crippen molar-refractivity contribution in [3.05, 3.63) is 34.4 Å². The normalized spacial score (nSPS) is 11.0. The zero-order valence-electron chi connectivity index (χ0n) is 9.57. The highest BCUT2D eigenvalue weighted by Gasteiger charge is 2.26. The van der Waals surface area contributed by atoms with Crippen LogP contribution in [0.15, 0.2) is 24.3 Å². The van der Waals surface area contributed by atoms with Gasteiger partial charge >= 0.3 is 0 Å². The Balaban J connectivity index is 2.86. The third-order valence-electron chi connectivity index (χ3n) is 2.26. The summed E-state index contributed by atoms with van der Waals surface area (Å²) in [6.07, 6.45) is 0. The smallest absolute Gasteiger partial charge is 0.271 e. The van der Waals surface area contributed by atoms with Gasteiger partial charge in [-0.3, -0.25) is 14.9 Å². The number of rotatable bonds is 4. The van der Waals surface area contributed by atoms with Crippen LogP contribution >= 0.6 is 11.6 Å². The number of nitro benzene ring substituents is 1. The molecule has 1 aromatic rings. The van der Waals surface area contributed by atoms with Crippen molar-refractivity contribution >= 4 is 28.9 Å². The lowest BCUT2D eigenvalue weighted by molar-refractivity contribution is -0.384. The molecule has 0 bridgehead atoms. The molecule has 1 amide bonds. The van der Waals surface area contributed by atoms with Gasteiger partial charge in [-0.15, -0.1) is 11.6 Å². The molecule has 0 spiro atoms. The van der Waals surface area contributed by atoms with Crippen LogP contribution in [0.2, 0.25) is 0 Å². The van der Waals surface area contributed by atoms with E-state index in [0.717, 1.165) is 0 Å². The van der Waals surface area contributed by atoms with E-state index in [9.17, 15) is 14.9 Å². The first-order valence-electron chi connectivity index (χ1n) is 4.99. The molecule has 0 radical (unpaired) electrons. The molecule has 0 saturated carbocycles. The summed E-state index contributed by atoms with van der Waals surface area (Å²) in [6, 6.07) is 5.78. The number of benzene rings is 1. The van der Waals surface area contributed by atoms with E-state index in [4.69, 9.17) is 11.6 Å². The van der Waals surface area contributed by atoms with E-state index in [-0.39, 0.29) is 17.5 Å². The van der Waals surface area contributed by atoms with Crippen LogP contribution in [0.25, 0.3) is 0 Å². The van der Waals surface area contributed by atoms with E-state index in [1.807, 2.05) is 0 Å². The van der Waals surface area contributed by atoms with Gasteiger partial charge in [0.1, 0.15) is 0 Å². The van der Waals surface area contributed by atoms with Crippen LogP contribution in [0.5, 0.6) is 0 Å². The molecule has 0 aromatic heterocycles. The Labute approximate surface area is 104 Å². The predicted molar refractivity (Wildman–Crippen MR) is 66.2 cm³/mol. The number of carbonyl (C=O) groups excluding carboxylic acids is 1. The van der Waals surface area contributed by atoms with Crippen LogP contribution in [0.3, 0.4) is 0 Å². The Morgan fingerprint density at radius 1 is 1.53 bits per heavy atom. The van der Waals surface area contributed by atoms with Gasteiger partial charge in [-0.05, 0) is 19.9 Å². The fourth-order valence-electron chi connectivity index (χ4n) is 1.06. The van der Waals surface area contributed by atoms with Gasteiger partial charge in [0.2, 0.25) is 5.91 Å². The Bertz CT molecular complexity index is 446. The van der Waals surface area contributed by atoms with Gasteiger partial charge in [-0.25, -0.2) is 0 Å². The summed E-state index contributed by atoms with van der Waals surface area (Å²) in [6.45, 7) is 3.40. The van der Waals surface area contributed by atoms with Crippen molar-refractivity contribution in [1.82, 2.24) is 0 Å². The minimum Gasteiger partial charge on any atom is -0.325 e. The standard InChI is InChI=1S/C11H13ClN2O3/c1-11(2,7-12)10(15)13-8-4-3-5-9(6-8)14(16)17/h3-6H,7H2,1-2H3,(H,13,15). The van der Waals surface area contributed by atoms with Crippen LogP contribution < -0.4 is 5.32 Å². The molecule has 0 atom stereocenters. The first-order chi connectivity index (χ1) is 7.86. The molecule has 5 nitrogen and oxygen atoms in total. The Kier molecular flexibility index (Phi) is 4.07. The molecule has 0 saturated heterocycles. The fourth-order valence-corrected chi connectivity index (χ4v) is 1.18. The number of carbonyl (C=O) groups is 1. The van der Waals surface area contributed by atoms with Crippen LogP contribution in [0.4, 0.5) is 11.4 Å². The monoisotopic (exact) mass is 256 g/mol. The van der Waals surface area contributed by atoms with Crippen molar-refractivity contribution in [2.75, 3.05) is 11.2 Å². The van der Waals surface area contributed by atoms with Crippen LogP contribution in [-0.4, -0.2) is 16.7 Å². The van der Waals surface area contributed by atoms with Gasteiger partial charge in [0.15, 0.2) is 0 Å². The van der Waals surface area contributed by atoms with Crippen molar-refractivity contribution in [3.8, 4) is 0 Å². The molecular formula is C11H13ClN2O3.